The lowest BCUT2D eigenvalue weighted by Gasteiger charge is -2.06. The third kappa shape index (κ3) is 2.23. The highest BCUT2D eigenvalue weighted by atomic mass is 17.1. The first-order valence-electron chi connectivity index (χ1n) is 3.91. The number of allylic oxidation sites excluding steroid dienone is 1. The van der Waals surface area contributed by atoms with Gasteiger partial charge in [0.25, 0.3) is 0 Å². The Morgan fingerprint density at radius 3 is 2.77 bits per heavy atom. The average Bonchev–Trinajstić information content (AvgIpc) is 2.18. The molecule has 0 saturated heterocycles. The van der Waals surface area contributed by atoms with Crippen molar-refractivity contribution in [2.45, 2.75) is 6.42 Å². The maximum atomic E-state index is 8.47. The normalized spacial score (nSPS) is 9.38. The lowest BCUT2D eigenvalue weighted by Crippen LogP contribution is -1.92. The van der Waals surface area contributed by atoms with Gasteiger partial charge in [-0.15, -0.1) is 6.58 Å². The summed E-state index contributed by atoms with van der Waals surface area (Å²) in [5.41, 5.74) is 1.06. The molecule has 0 fully saturated rings. The predicted octanol–water partition coefficient (Wildman–Crippen LogP) is 2.28. The van der Waals surface area contributed by atoms with E-state index in [1.807, 2.05) is 6.07 Å². The monoisotopic (exact) mass is 180 g/mol. The summed E-state index contributed by atoms with van der Waals surface area (Å²) in [6, 6.07) is 5.29. The average molecular weight is 180 g/mol. The molecule has 13 heavy (non-hydrogen) atoms. The molecule has 0 aliphatic carbocycles. The molecule has 70 valence electrons. The van der Waals surface area contributed by atoms with Crippen molar-refractivity contribution in [3.05, 3.63) is 36.4 Å². The van der Waals surface area contributed by atoms with Gasteiger partial charge in [-0.25, -0.2) is 5.26 Å². The van der Waals surface area contributed by atoms with Crippen LogP contribution in [0, 0.1) is 0 Å². The van der Waals surface area contributed by atoms with Crippen LogP contribution in [0.1, 0.15) is 5.56 Å². The molecule has 0 bridgehead atoms. The minimum absolute atomic E-state index is 0.315. The number of ether oxygens (including phenoxy) is 1. The van der Waals surface area contributed by atoms with Gasteiger partial charge in [-0.2, -0.15) is 0 Å². The van der Waals surface area contributed by atoms with Gasteiger partial charge in [0.05, 0.1) is 7.11 Å². The van der Waals surface area contributed by atoms with E-state index in [4.69, 9.17) is 9.99 Å². The van der Waals surface area contributed by atoms with Crippen LogP contribution < -0.4 is 9.62 Å². The van der Waals surface area contributed by atoms with Gasteiger partial charge in [0.15, 0.2) is 5.75 Å². The summed E-state index contributed by atoms with van der Waals surface area (Å²) in [5, 5.41) is 8.47. The maximum Gasteiger partial charge on any atom is 0.206 e. The number of benzene rings is 1. The molecular weight excluding hydrogens is 168 g/mol. The molecule has 1 rings (SSSR count). The van der Waals surface area contributed by atoms with Gasteiger partial charge in [0.1, 0.15) is 0 Å². The first kappa shape index (κ1) is 9.61. The van der Waals surface area contributed by atoms with E-state index >= 15 is 0 Å². The summed E-state index contributed by atoms with van der Waals surface area (Å²) >= 11 is 0. The second kappa shape index (κ2) is 4.52. The third-order valence-electron chi connectivity index (χ3n) is 1.71. The molecule has 1 N–H and O–H groups in total. The van der Waals surface area contributed by atoms with Crippen molar-refractivity contribution in [3.63, 3.8) is 0 Å². The molecule has 3 heteroatoms. The van der Waals surface area contributed by atoms with Crippen LogP contribution in [-0.4, -0.2) is 12.4 Å². The summed E-state index contributed by atoms with van der Waals surface area (Å²) in [7, 11) is 1.52. The number of rotatable bonds is 4. The fraction of sp³-hybridized carbons (Fsp3) is 0.200. The number of hydrogen-bond acceptors (Lipinski definition) is 3. The first-order valence-corrected chi connectivity index (χ1v) is 3.91. The molecule has 0 unspecified atom stereocenters. The molecule has 0 aliphatic heterocycles. The van der Waals surface area contributed by atoms with E-state index in [-0.39, 0.29) is 0 Å². The highest BCUT2D eigenvalue weighted by Gasteiger charge is 2.04. The Bertz CT molecular complexity index is 294. The molecule has 0 spiro atoms. The molecule has 0 aromatic heterocycles. The lowest BCUT2D eigenvalue weighted by molar-refractivity contribution is -0.139. The van der Waals surface area contributed by atoms with Crippen molar-refractivity contribution in [2.75, 3.05) is 7.11 Å². The van der Waals surface area contributed by atoms with Gasteiger partial charge in [0.2, 0.25) is 5.75 Å². The van der Waals surface area contributed by atoms with Crippen LogP contribution >= 0.6 is 0 Å². The highest BCUT2D eigenvalue weighted by Crippen LogP contribution is 2.27. The summed E-state index contributed by atoms with van der Waals surface area (Å²) in [5.74, 6) is 0.831. The third-order valence-corrected chi connectivity index (χ3v) is 1.71. The van der Waals surface area contributed by atoms with E-state index in [0.29, 0.717) is 11.5 Å². The fourth-order valence-corrected chi connectivity index (χ4v) is 1.08. The summed E-state index contributed by atoms with van der Waals surface area (Å²) in [6.45, 7) is 3.63. The molecule has 0 atom stereocenters. The van der Waals surface area contributed by atoms with Crippen LogP contribution in [0.15, 0.2) is 30.9 Å². The second-order valence-corrected chi connectivity index (χ2v) is 2.57. The summed E-state index contributed by atoms with van der Waals surface area (Å²) in [4.78, 5) is 4.12. The lowest BCUT2D eigenvalue weighted by atomic mass is 10.1. The van der Waals surface area contributed by atoms with Crippen LogP contribution in [0.5, 0.6) is 11.5 Å². The Morgan fingerprint density at radius 2 is 2.23 bits per heavy atom. The van der Waals surface area contributed by atoms with Crippen molar-refractivity contribution in [2.24, 2.45) is 0 Å². The van der Waals surface area contributed by atoms with Crippen molar-refractivity contribution in [1.29, 1.82) is 0 Å². The molecular formula is C10H12O3. The Morgan fingerprint density at radius 1 is 1.46 bits per heavy atom. The molecule has 3 nitrogen and oxygen atoms in total. The van der Waals surface area contributed by atoms with Gasteiger partial charge in [0, 0.05) is 0 Å². The second-order valence-electron chi connectivity index (χ2n) is 2.57. The molecule has 0 heterocycles. The van der Waals surface area contributed by atoms with Gasteiger partial charge in [-0.3, -0.25) is 0 Å². The Hall–Kier alpha value is -1.48. The van der Waals surface area contributed by atoms with Crippen molar-refractivity contribution in [3.8, 4) is 11.5 Å². The number of hydrogen-bond donors (Lipinski definition) is 1. The van der Waals surface area contributed by atoms with E-state index in [1.165, 1.54) is 7.11 Å². The number of methoxy groups -OCH3 is 1. The van der Waals surface area contributed by atoms with E-state index in [2.05, 4.69) is 11.5 Å². The van der Waals surface area contributed by atoms with E-state index < -0.39 is 0 Å². The van der Waals surface area contributed by atoms with E-state index in [0.717, 1.165) is 12.0 Å². The van der Waals surface area contributed by atoms with Crippen LogP contribution in [0.2, 0.25) is 0 Å². The van der Waals surface area contributed by atoms with Gasteiger partial charge in [-0.1, -0.05) is 12.1 Å². The van der Waals surface area contributed by atoms with E-state index in [1.54, 1.807) is 18.2 Å². The summed E-state index contributed by atoms with van der Waals surface area (Å²) < 4.78 is 5.00. The molecule has 0 radical (unpaired) electrons. The van der Waals surface area contributed by atoms with Crippen LogP contribution in [-0.2, 0) is 6.42 Å². The molecule has 0 saturated carbocycles. The standard InChI is InChI=1S/C10H12O3/c1-3-4-8-5-6-9(13-11)10(7-8)12-2/h3,5-7,11H,1,4H2,2H3. The van der Waals surface area contributed by atoms with Crippen LogP contribution in [0.3, 0.4) is 0 Å². The smallest absolute Gasteiger partial charge is 0.206 e. The van der Waals surface area contributed by atoms with Crippen molar-refractivity contribution < 1.29 is 14.9 Å². The molecule has 1 aromatic rings. The summed E-state index contributed by atoms with van der Waals surface area (Å²) in [6.07, 6.45) is 2.57. The fourth-order valence-electron chi connectivity index (χ4n) is 1.08. The molecule has 1 aromatic carbocycles. The van der Waals surface area contributed by atoms with Gasteiger partial charge < -0.3 is 9.62 Å². The van der Waals surface area contributed by atoms with Crippen LogP contribution in [0.25, 0.3) is 0 Å². The molecule has 0 amide bonds. The topological polar surface area (TPSA) is 38.7 Å². The largest absolute Gasteiger partial charge is 0.493 e. The maximum absolute atomic E-state index is 8.47. The van der Waals surface area contributed by atoms with E-state index in [9.17, 15) is 0 Å². The zero-order valence-electron chi connectivity index (χ0n) is 7.49. The quantitative estimate of drug-likeness (QED) is 0.439. The first-order chi connectivity index (χ1) is 6.31. The predicted molar refractivity (Wildman–Crippen MR) is 50.2 cm³/mol. The van der Waals surface area contributed by atoms with Crippen molar-refractivity contribution >= 4 is 0 Å². The Labute approximate surface area is 77.2 Å². The SMILES string of the molecule is C=CCc1ccc(OO)c(OC)c1. The Balaban J connectivity index is 2.98. The van der Waals surface area contributed by atoms with Crippen molar-refractivity contribution in [1.82, 2.24) is 0 Å². The highest BCUT2D eigenvalue weighted by molar-refractivity contribution is 5.42. The Kier molecular flexibility index (Phi) is 3.34. The zero-order valence-corrected chi connectivity index (χ0v) is 7.49. The van der Waals surface area contributed by atoms with Gasteiger partial charge >= 0.3 is 0 Å². The zero-order chi connectivity index (χ0) is 9.68. The minimum atomic E-state index is 0.315. The molecule has 0 aliphatic rings. The minimum Gasteiger partial charge on any atom is -0.493 e. The van der Waals surface area contributed by atoms with Crippen LogP contribution in [0.4, 0.5) is 0 Å². The van der Waals surface area contributed by atoms with Gasteiger partial charge in [-0.05, 0) is 24.1 Å².